The van der Waals surface area contributed by atoms with Crippen molar-refractivity contribution < 1.29 is 9.53 Å². The quantitative estimate of drug-likeness (QED) is 0.355. The SMILES string of the molecule is COC(=O)c1cc(C2CC2)ccc1Nc1ccc(N(C)c2ccc(C3CCCCC3)cc2)cc1C. The first-order valence-electron chi connectivity index (χ1n) is 13.0. The molecule has 0 unspecified atom stereocenters. The van der Waals surface area contributed by atoms with Gasteiger partial charge in [-0.1, -0.05) is 37.5 Å². The highest BCUT2D eigenvalue weighted by molar-refractivity contribution is 5.97. The predicted octanol–water partition coefficient (Wildman–Crippen LogP) is 8.22. The Kier molecular flexibility index (Phi) is 6.81. The van der Waals surface area contributed by atoms with Crippen LogP contribution < -0.4 is 10.2 Å². The molecule has 0 aromatic heterocycles. The standard InChI is InChI=1S/C31H36N2O2/c1-21-19-27(33(2)26-14-11-23(12-15-26)22-7-5-4-6-8-22)16-18-29(21)32-30-17-13-25(24-9-10-24)20-28(30)31(34)35-3/h11-20,22,24,32H,4-10H2,1-3H3. The van der Waals surface area contributed by atoms with Gasteiger partial charge < -0.3 is 15.0 Å². The van der Waals surface area contributed by atoms with E-state index in [1.165, 1.54) is 68.9 Å². The van der Waals surface area contributed by atoms with E-state index in [-0.39, 0.29) is 5.97 Å². The molecule has 0 spiro atoms. The van der Waals surface area contributed by atoms with Gasteiger partial charge in [0.1, 0.15) is 0 Å². The Hall–Kier alpha value is -3.27. The zero-order valence-electron chi connectivity index (χ0n) is 21.1. The molecule has 2 aliphatic carbocycles. The second kappa shape index (κ2) is 10.2. The summed E-state index contributed by atoms with van der Waals surface area (Å²) in [6.07, 6.45) is 9.15. The van der Waals surface area contributed by atoms with E-state index in [0.717, 1.165) is 28.5 Å². The smallest absolute Gasteiger partial charge is 0.339 e. The Morgan fingerprint density at radius 2 is 1.43 bits per heavy atom. The van der Waals surface area contributed by atoms with Gasteiger partial charge in [-0.3, -0.25) is 0 Å². The van der Waals surface area contributed by atoms with Gasteiger partial charge in [0.2, 0.25) is 0 Å². The number of anilines is 4. The Morgan fingerprint density at radius 3 is 2.09 bits per heavy atom. The molecule has 4 nitrogen and oxygen atoms in total. The third kappa shape index (κ3) is 5.22. The summed E-state index contributed by atoms with van der Waals surface area (Å²) in [6, 6.07) is 21.6. The minimum atomic E-state index is -0.305. The van der Waals surface area contributed by atoms with Crippen molar-refractivity contribution in [3.63, 3.8) is 0 Å². The molecular formula is C31H36N2O2. The fourth-order valence-electron chi connectivity index (χ4n) is 5.32. The van der Waals surface area contributed by atoms with Crippen LogP contribution in [0.5, 0.6) is 0 Å². The predicted molar refractivity (Wildman–Crippen MR) is 145 cm³/mol. The number of ether oxygens (including phenoxy) is 1. The summed E-state index contributed by atoms with van der Waals surface area (Å²) in [5, 5.41) is 3.47. The normalized spacial score (nSPS) is 16.1. The first-order chi connectivity index (χ1) is 17.0. The monoisotopic (exact) mass is 468 g/mol. The van der Waals surface area contributed by atoms with Crippen LogP contribution in [0.3, 0.4) is 0 Å². The largest absolute Gasteiger partial charge is 0.465 e. The van der Waals surface area contributed by atoms with Gasteiger partial charge in [0, 0.05) is 24.1 Å². The topological polar surface area (TPSA) is 41.6 Å². The van der Waals surface area contributed by atoms with Crippen LogP contribution in [0.1, 0.15) is 83.8 Å². The highest BCUT2D eigenvalue weighted by atomic mass is 16.5. The van der Waals surface area contributed by atoms with E-state index in [9.17, 15) is 4.79 Å². The molecule has 4 heteroatoms. The molecule has 3 aromatic carbocycles. The van der Waals surface area contributed by atoms with Gasteiger partial charge >= 0.3 is 5.97 Å². The van der Waals surface area contributed by atoms with Crippen molar-refractivity contribution in [2.75, 3.05) is 24.4 Å². The minimum Gasteiger partial charge on any atom is -0.465 e. The number of carbonyl (C=O) groups is 1. The second-order valence-corrected chi connectivity index (χ2v) is 10.2. The number of methoxy groups -OCH3 is 1. The van der Waals surface area contributed by atoms with E-state index in [2.05, 4.69) is 72.7 Å². The molecule has 2 fully saturated rings. The van der Waals surface area contributed by atoms with Gasteiger partial charge in [-0.15, -0.1) is 0 Å². The van der Waals surface area contributed by atoms with E-state index in [0.29, 0.717) is 11.5 Å². The highest BCUT2D eigenvalue weighted by Gasteiger charge is 2.25. The molecule has 2 aliphatic rings. The first kappa shape index (κ1) is 23.5. The maximum Gasteiger partial charge on any atom is 0.339 e. The summed E-state index contributed by atoms with van der Waals surface area (Å²) in [5.41, 5.74) is 8.50. The maximum atomic E-state index is 12.5. The Morgan fingerprint density at radius 1 is 0.800 bits per heavy atom. The molecule has 35 heavy (non-hydrogen) atoms. The van der Waals surface area contributed by atoms with E-state index in [4.69, 9.17) is 4.74 Å². The minimum absolute atomic E-state index is 0.305. The molecule has 182 valence electrons. The van der Waals surface area contributed by atoms with E-state index in [1.807, 2.05) is 12.1 Å². The Bertz CT molecular complexity index is 1190. The number of esters is 1. The van der Waals surface area contributed by atoms with Crippen molar-refractivity contribution in [1.29, 1.82) is 0 Å². The van der Waals surface area contributed by atoms with Crippen LogP contribution >= 0.6 is 0 Å². The van der Waals surface area contributed by atoms with Gasteiger partial charge in [0.05, 0.1) is 18.4 Å². The zero-order valence-corrected chi connectivity index (χ0v) is 21.1. The molecule has 3 aromatic rings. The summed E-state index contributed by atoms with van der Waals surface area (Å²) in [7, 11) is 3.55. The van der Waals surface area contributed by atoms with Crippen LogP contribution in [0.2, 0.25) is 0 Å². The number of rotatable bonds is 7. The molecule has 2 saturated carbocycles. The molecule has 0 bridgehead atoms. The summed E-state index contributed by atoms with van der Waals surface area (Å²) in [6.45, 7) is 2.10. The number of hydrogen-bond donors (Lipinski definition) is 1. The van der Waals surface area contributed by atoms with Crippen LogP contribution in [0.25, 0.3) is 0 Å². The van der Waals surface area contributed by atoms with Crippen LogP contribution in [-0.2, 0) is 4.74 Å². The lowest BCUT2D eigenvalue weighted by Crippen LogP contribution is -2.11. The van der Waals surface area contributed by atoms with E-state index >= 15 is 0 Å². The summed E-state index contributed by atoms with van der Waals surface area (Å²) in [5.74, 6) is 1.00. The maximum absolute atomic E-state index is 12.5. The van der Waals surface area contributed by atoms with Gasteiger partial charge in [0.15, 0.2) is 0 Å². The molecule has 0 heterocycles. The van der Waals surface area contributed by atoms with Crippen LogP contribution in [0, 0.1) is 6.92 Å². The molecule has 5 rings (SSSR count). The lowest BCUT2D eigenvalue weighted by atomic mass is 9.84. The number of nitrogens with zero attached hydrogens (tertiary/aromatic N) is 1. The lowest BCUT2D eigenvalue weighted by molar-refractivity contribution is 0.0602. The number of carbonyl (C=O) groups excluding carboxylic acids is 1. The zero-order chi connectivity index (χ0) is 24.4. The molecule has 1 N–H and O–H groups in total. The third-order valence-corrected chi connectivity index (χ3v) is 7.72. The van der Waals surface area contributed by atoms with Crippen LogP contribution in [0.4, 0.5) is 22.7 Å². The fraction of sp³-hybridized carbons (Fsp3) is 0.387. The van der Waals surface area contributed by atoms with Crippen molar-refractivity contribution in [1.82, 2.24) is 0 Å². The van der Waals surface area contributed by atoms with Gasteiger partial charge in [-0.2, -0.15) is 0 Å². The third-order valence-electron chi connectivity index (χ3n) is 7.72. The summed E-state index contributed by atoms with van der Waals surface area (Å²) in [4.78, 5) is 14.7. The van der Waals surface area contributed by atoms with Crippen molar-refractivity contribution in [2.45, 2.75) is 63.7 Å². The van der Waals surface area contributed by atoms with E-state index in [1.54, 1.807) is 0 Å². The molecule has 0 radical (unpaired) electrons. The average Bonchev–Trinajstić information content (AvgIpc) is 3.75. The molecule has 0 atom stereocenters. The first-order valence-corrected chi connectivity index (χ1v) is 13.0. The molecule has 0 saturated heterocycles. The number of aryl methyl sites for hydroxylation is 1. The van der Waals surface area contributed by atoms with Crippen LogP contribution in [-0.4, -0.2) is 20.1 Å². The summed E-state index contributed by atoms with van der Waals surface area (Å²) >= 11 is 0. The average molecular weight is 469 g/mol. The van der Waals surface area contributed by atoms with Gasteiger partial charge in [-0.05, 0) is 104 Å². The van der Waals surface area contributed by atoms with Gasteiger partial charge in [-0.25, -0.2) is 4.79 Å². The highest BCUT2D eigenvalue weighted by Crippen LogP contribution is 2.41. The molecule has 0 amide bonds. The number of nitrogens with one attached hydrogen (secondary N) is 1. The summed E-state index contributed by atoms with van der Waals surface area (Å²) < 4.78 is 5.06. The fourth-order valence-corrected chi connectivity index (χ4v) is 5.32. The lowest BCUT2D eigenvalue weighted by Gasteiger charge is -2.24. The second-order valence-electron chi connectivity index (χ2n) is 10.2. The van der Waals surface area contributed by atoms with Crippen molar-refractivity contribution >= 4 is 28.7 Å². The molecule has 0 aliphatic heterocycles. The Balaban J connectivity index is 1.33. The number of benzene rings is 3. The van der Waals surface area contributed by atoms with Crippen molar-refractivity contribution in [3.05, 3.63) is 82.9 Å². The number of hydrogen-bond acceptors (Lipinski definition) is 4. The van der Waals surface area contributed by atoms with E-state index < -0.39 is 0 Å². The van der Waals surface area contributed by atoms with Crippen molar-refractivity contribution in [3.8, 4) is 0 Å². The van der Waals surface area contributed by atoms with Crippen LogP contribution in [0.15, 0.2) is 60.7 Å². The van der Waals surface area contributed by atoms with Crippen molar-refractivity contribution in [2.24, 2.45) is 0 Å². The van der Waals surface area contributed by atoms with Gasteiger partial charge in [0.25, 0.3) is 0 Å². The molecular weight excluding hydrogens is 432 g/mol. The Labute approximate surface area is 209 Å².